The molecule has 4 rings (SSSR count). The summed E-state index contributed by atoms with van der Waals surface area (Å²) in [5.41, 5.74) is 1.65. The molecule has 0 unspecified atom stereocenters. The first kappa shape index (κ1) is 22.7. The van der Waals surface area contributed by atoms with Crippen molar-refractivity contribution in [3.05, 3.63) is 48.5 Å². The van der Waals surface area contributed by atoms with E-state index in [4.69, 9.17) is 0 Å². The molecule has 2 heterocycles. The lowest BCUT2D eigenvalue weighted by Crippen LogP contribution is -2.49. The second-order valence-corrected chi connectivity index (χ2v) is 11.6. The smallest absolute Gasteiger partial charge is 0.225 e. The normalized spacial score (nSPS) is 17.8. The Kier molecular flexibility index (Phi) is 6.76. The Hall–Kier alpha value is -2.52. The average Bonchev–Trinajstić information content (AvgIpc) is 2.99. The number of anilines is 2. The summed E-state index contributed by atoms with van der Waals surface area (Å²) < 4.78 is 26.3. The van der Waals surface area contributed by atoms with Crippen LogP contribution in [0.4, 0.5) is 11.4 Å². The molecular formula is C23H27N3O4S2. The number of hydrogen-bond acceptors (Lipinski definition) is 6. The first-order valence-corrected chi connectivity index (χ1v) is 13.3. The lowest BCUT2D eigenvalue weighted by molar-refractivity contribution is -0.131. The van der Waals surface area contributed by atoms with Crippen molar-refractivity contribution in [2.24, 2.45) is 0 Å². The summed E-state index contributed by atoms with van der Waals surface area (Å²) in [5, 5.41) is 1.93. The Morgan fingerprint density at radius 2 is 1.81 bits per heavy atom. The zero-order valence-corrected chi connectivity index (χ0v) is 19.6. The van der Waals surface area contributed by atoms with Gasteiger partial charge in [0.25, 0.3) is 0 Å². The van der Waals surface area contributed by atoms with Crippen molar-refractivity contribution in [1.82, 2.24) is 4.90 Å². The third-order valence-corrected chi connectivity index (χ3v) is 9.10. The number of carbonyl (C=O) groups excluding carboxylic acids is 2. The van der Waals surface area contributed by atoms with E-state index in [-0.39, 0.29) is 23.1 Å². The first-order valence-electron chi connectivity index (χ1n) is 10.7. The summed E-state index contributed by atoms with van der Waals surface area (Å²) in [7, 11) is -3.71. The highest BCUT2D eigenvalue weighted by atomic mass is 32.2. The number of nitrogens with zero attached hydrogens (tertiary/aromatic N) is 2. The number of rotatable bonds is 5. The van der Waals surface area contributed by atoms with E-state index in [1.165, 1.54) is 17.8 Å². The van der Waals surface area contributed by atoms with Gasteiger partial charge in [-0.2, -0.15) is 0 Å². The lowest BCUT2D eigenvalue weighted by atomic mass is 10.2. The van der Waals surface area contributed by atoms with E-state index in [1.807, 2.05) is 30.3 Å². The van der Waals surface area contributed by atoms with Crippen LogP contribution in [0.1, 0.15) is 19.8 Å². The van der Waals surface area contributed by atoms with Crippen molar-refractivity contribution in [1.29, 1.82) is 0 Å². The molecule has 0 aliphatic carbocycles. The molecule has 0 radical (unpaired) electrons. The Labute approximate surface area is 193 Å². The molecule has 9 heteroatoms. The maximum atomic E-state index is 13.1. The third kappa shape index (κ3) is 4.94. The van der Waals surface area contributed by atoms with Crippen LogP contribution in [-0.4, -0.2) is 62.3 Å². The zero-order chi connectivity index (χ0) is 22.7. The average molecular weight is 474 g/mol. The van der Waals surface area contributed by atoms with Gasteiger partial charge in [0, 0.05) is 55.4 Å². The highest BCUT2D eigenvalue weighted by Crippen LogP contribution is 2.33. The largest absolute Gasteiger partial charge is 0.368 e. The van der Waals surface area contributed by atoms with Crippen molar-refractivity contribution in [3.8, 4) is 0 Å². The molecule has 7 nitrogen and oxygen atoms in total. The van der Waals surface area contributed by atoms with Crippen LogP contribution < -0.4 is 10.2 Å². The molecule has 2 aromatic rings. The Bertz CT molecular complexity index is 1100. The Morgan fingerprint density at radius 1 is 1.09 bits per heavy atom. The van der Waals surface area contributed by atoms with Gasteiger partial charge >= 0.3 is 0 Å². The second kappa shape index (κ2) is 9.54. The topological polar surface area (TPSA) is 86.8 Å². The Morgan fingerprint density at radius 3 is 2.53 bits per heavy atom. The fraction of sp³-hybridized carbons (Fsp3) is 0.391. The number of sulfone groups is 1. The third-order valence-electron chi connectivity index (χ3n) is 5.89. The molecule has 1 N–H and O–H groups in total. The van der Waals surface area contributed by atoms with Crippen molar-refractivity contribution in [2.45, 2.75) is 34.8 Å². The number of carbonyl (C=O) groups is 2. The minimum atomic E-state index is -3.71. The predicted octanol–water partition coefficient (Wildman–Crippen LogP) is 3.02. The van der Waals surface area contributed by atoms with Gasteiger partial charge in [-0.05, 0) is 37.3 Å². The fourth-order valence-electron chi connectivity index (χ4n) is 3.95. The minimum Gasteiger partial charge on any atom is -0.368 e. The molecule has 1 saturated heterocycles. The van der Waals surface area contributed by atoms with Crippen LogP contribution in [-0.2, 0) is 19.4 Å². The standard InChI is InChI=1S/C23H27N3O4S2/c1-17(15-23(28)26-12-10-25(11-13-26)18-5-3-2-4-6-18)32(29,30)19-7-8-21-20(16-19)24-22(27)9-14-31-21/h2-8,16-17H,9-15H2,1H3,(H,24,27)/t17-/m1/s1. The summed E-state index contributed by atoms with van der Waals surface area (Å²) in [6, 6.07) is 14.9. The number of benzene rings is 2. The summed E-state index contributed by atoms with van der Waals surface area (Å²) in [6.45, 7) is 4.16. The Balaban J connectivity index is 1.39. The molecule has 1 fully saturated rings. The van der Waals surface area contributed by atoms with Gasteiger partial charge < -0.3 is 15.1 Å². The first-order chi connectivity index (χ1) is 15.3. The number of fused-ring (bicyclic) bond motifs is 1. The van der Waals surface area contributed by atoms with E-state index in [0.29, 0.717) is 31.0 Å². The van der Waals surface area contributed by atoms with Gasteiger partial charge in [0.1, 0.15) is 0 Å². The van der Waals surface area contributed by atoms with Gasteiger partial charge in [-0.3, -0.25) is 9.59 Å². The van der Waals surface area contributed by atoms with Crippen LogP contribution in [0, 0.1) is 0 Å². The van der Waals surface area contributed by atoms with Crippen molar-refractivity contribution in [2.75, 3.05) is 42.1 Å². The maximum Gasteiger partial charge on any atom is 0.225 e. The molecule has 0 aromatic heterocycles. The van der Waals surface area contributed by atoms with Crippen LogP contribution >= 0.6 is 11.8 Å². The number of thioether (sulfide) groups is 1. The molecule has 2 aliphatic rings. The molecule has 2 aromatic carbocycles. The van der Waals surface area contributed by atoms with Crippen LogP contribution in [0.5, 0.6) is 0 Å². The van der Waals surface area contributed by atoms with Crippen molar-refractivity contribution in [3.63, 3.8) is 0 Å². The summed E-state index contributed by atoms with van der Waals surface area (Å²) in [4.78, 5) is 29.6. The quantitative estimate of drug-likeness (QED) is 0.718. The number of hydrogen-bond donors (Lipinski definition) is 1. The minimum absolute atomic E-state index is 0.0636. The highest BCUT2D eigenvalue weighted by Gasteiger charge is 2.30. The van der Waals surface area contributed by atoms with Crippen LogP contribution in [0.25, 0.3) is 0 Å². The monoisotopic (exact) mass is 473 g/mol. The number of piperazine rings is 1. The van der Waals surface area contributed by atoms with Gasteiger partial charge in [0.2, 0.25) is 11.8 Å². The summed E-state index contributed by atoms with van der Waals surface area (Å²) >= 11 is 1.53. The molecule has 2 amide bonds. The van der Waals surface area contributed by atoms with Gasteiger partial charge in [-0.25, -0.2) is 8.42 Å². The van der Waals surface area contributed by atoms with E-state index in [2.05, 4.69) is 10.2 Å². The SMILES string of the molecule is C[C@H](CC(=O)N1CCN(c2ccccc2)CC1)S(=O)(=O)c1ccc2c(c1)NC(=O)CCS2. The van der Waals surface area contributed by atoms with Gasteiger partial charge in [0.05, 0.1) is 15.8 Å². The van der Waals surface area contributed by atoms with Gasteiger partial charge in [0.15, 0.2) is 9.84 Å². The van der Waals surface area contributed by atoms with E-state index in [0.717, 1.165) is 23.7 Å². The molecular weight excluding hydrogens is 446 g/mol. The fourth-order valence-corrected chi connectivity index (χ4v) is 6.25. The van der Waals surface area contributed by atoms with Crippen molar-refractivity contribution >= 4 is 44.8 Å². The number of amides is 2. The molecule has 0 spiro atoms. The lowest BCUT2D eigenvalue weighted by Gasteiger charge is -2.36. The second-order valence-electron chi connectivity index (χ2n) is 8.07. The molecule has 0 saturated carbocycles. The van der Waals surface area contributed by atoms with E-state index in [9.17, 15) is 18.0 Å². The van der Waals surface area contributed by atoms with E-state index < -0.39 is 15.1 Å². The number of para-hydroxylation sites is 1. The number of nitrogens with one attached hydrogen (secondary N) is 1. The van der Waals surface area contributed by atoms with Gasteiger partial charge in [-0.1, -0.05) is 18.2 Å². The molecule has 32 heavy (non-hydrogen) atoms. The van der Waals surface area contributed by atoms with E-state index >= 15 is 0 Å². The van der Waals surface area contributed by atoms with Gasteiger partial charge in [-0.15, -0.1) is 11.8 Å². The highest BCUT2D eigenvalue weighted by molar-refractivity contribution is 7.99. The molecule has 2 aliphatic heterocycles. The summed E-state index contributed by atoms with van der Waals surface area (Å²) in [5.74, 6) is 0.393. The zero-order valence-electron chi connectivity index (χ0n) is 18.0. The van der Waals surface area contributed by atoms with Crippen LogP contribution in [0.15, 0.2) is 58.3 Å². The summed E-state index contributed by atoms with van der Waals surface area (Å²) in [6.07, 6.45) is 0.329. The molecule has 1 atom stereocenters. The van der Waals surface area contributed by atoms with Crippen molar-refractivity contribution < 1.29 is 18.0 Å². The van der Waals surface area contributed by atoms with Crippen LogP contribution in [0.3, 0.4) is 0 Å². The predicted molar refractivity (Wildman–Crippen MR) is 127 cm³/mol. The molecule has 170 valence electrons. The van der Waals surface area contributed by atoms with Crippen LogP contribution in [0.2, 0.25) is 0 Å². The maximum absolute atomic E-state index is 13.1. The molecule has 0 bridgehead atoms. The van der Waals surface area contributed by atoms with E-state index in [1.54, 1.807) is 24.0 Å².